The van der Waals surface area contributed by atoms with Gasteiger partial charge in [-0.05, 0) is 11.6 Å². The number of benzene rings is 2. The molecule has 0 aliphatic rings. The van der Waals surface area contributed by atoms with Gasteiger partial charge in [0.1, 0.15) is 12.4 Å². The van der Waals surface area contributed by atoms with E-state index in [1.54, 1.807) is 0 Å². The topological polar surface area (TPSA) is 102 Å². The first-order chi connectivity index (χ1) is 12.0. The van der Waals surface area contributed by atoms with Crippen LogP contribution < -0.4 is 5.32 Å². The number of rotatable bonds is 6. The van der Waals surface area contributed by atoms with Crippen molar-refractivity contribution >= 4 is 17.9 Å². The Bertz CT molecular complexity index is 793. The lowest BCUT2D eigenvalue weighted by atomic mass is 10.1. The number of hydrogen-bond acceptors (Lipinski definition) is 5. The molecular formula is C17H15FN2O5. The van der Waals surface area contributed by atoms with Crippen LogP contribution in [0.15, 0.2) is 48.5 Å². The summed E-state index contributed by atoms with van der Waals surface area (Å²) in [5.74, 6) is -1.49. The molecule has 0 aromatic heterocycles. The van der Waals surface area contributed by atoms with Crippen LogP contribution in [0.25, 0.3) is 6.08 Å². The Hall–Kier alpha value is -3.42. The van der Waals surface area contributed by atoms with E-state index in [0.29, 0.717) is 6.07 Å². The van der Waals surface area contributed by atoms with Gasteiger partial charge in [-0.25, -0.2) is 9.18 Å². The average Bonchev–Trinajstić information content (AvgIpc) is 2.60. The Morgan fingerprint density at radius 1 is 1.32 bits per heavy atom. The minimum absolute atomic E-state index is 0.0391. The summed E-state index contributed by atoms with van der Waals surface area (Å²) in [5.41, 5.74) is 0.0474. The molecular weight excluding hydrogens is 331 g/mol. The van der Waals surface area contributed by atoms with Crippen LogP contribution in [0.5, 0.6) is 5.75 Å². The first-order valence-electron chi connectivity index (χ1n) is 7.25. The number of phenols is 1. The zero-order valence-corrected chi connectivity index (χ0v) is 13.0. The van der Waals surface area contributed by atoms with Crippen molar-refractivity contribution in [2.75, 3.05) is 6.54 Å². The van der Waals surface area contributed by atoms with Crippen molar-refractivity contribution in [2.45, 2.75) is 6.61 Å². The van der Waals surface area contributed by atoms with E-state index in [2.05, 4.69) is 5.32 Å². The van der Waals surface area contributed by atoms with Crippen molar-refractivity contribution in [1.29, 1.82) is 0 Å². The molecule has 2 aromatic rings. The maximum absolute atomic E-state index is 13.3. The van der Waals surface area contributed by atoms with Crippen molar-refractivity contribution < 1.29 is 24.0 Å². The summed E-state index contributed by atoms with van der Waals surface area (Å²) in [7, 11) is 0. The van der Waals surface area contributed by atoms with Crippen molar-refractivity contribution in [3.05, 3.63) is 75.6 Å². The number of ether oxygens (including phenoxy) is 1. The maximum atomic E-state index is 13.3. The lowest BCUT2D eigenvalue weighted by Gasteiger charge is -2.05. The lowest BCUT2D eigenvalue weighted by Crippen LogP contribution is -2.24. The predicted molar refractivity (Wildman–Crippen MR) is 88.4 cm³/mol. The molecule has 2 aromatic carbocycles. The normalized spacial score (nSPS) is 10.6. The van der Waals surface area contributed by atoms with Gasteiger partial charge in [-0.3, -0.25) is 10.1 Å². The zero-order valence-electron chi connectivity index (χ0n) is 13.0. The average molecular weight is 346 g/mol. The highest BCUT2D eigenvalue weighted by atomic mass is 19.1. The van der Waals surface area contributed by atoms with Crippen molar-refractivity contribution in [3.8, 4) is 5.75 Å². The molecule has 0 bridgehead atoms. The molecule has 0 aliphatic heterocycles. The second-order valence-electron chi connectivity index (χ2n) is 4.96. The largest absolute Gasteiger partial charge is 0.502 e. The molecule has 8 heteroatoms. The lowest BCUT2D eigenvalue weighted by molar-refractivity contribution is -0.386. The van der Waals surface area contributed by atoms with E-state index in [4.69, 9.17) is 4.74 Å². The summed E-state index contributed by atoms with van der Waals surface area (Å²) >= 11 is 0. The molecule has 0 saturated heterocycles. The Morgan fingerprint density at radius 3 is 2.72 bits per heavy atom. The fourth-order valence-electron chi connectivity index (χ4n) is 1.97. The number of nitro groups is 1. The minimum atomic E-state index is -0.880. The van der Waals surface area contributed by atoms with Gasteiger partial charge in [-0.2, -0.15) is 0 Å². The molecule has 25 heavy (non-hydrogen) atoms. The summed E-state index contributed by atoms with van der Waals surface area (Å²) in [6.45, 7) is 0.157. The fourth-order valence-corrected chi connectivity index (χ4v) is 1.97. The number of phenolic OH excluding ortho intramolecular Hbond substituents is 1. The van der Waals surface area contributed by atoms with Gasteiger partial charge < -0.3 is 15.2 Å². The third-order valence-electron chi connectivity index (χ3n) is 3.16. The van der Waals surface area contributed by atoms with Crippen LogP contribution in [0.1, 0.15) is 11.1 Å². The van der Waals surface area contributed by atoms with Crippen molar-refractivity contribution in [1.82, 2.24) is 5.32 Å². The number of alkyl carbamates (subject to hydrolysis) is 1. The summed E-state index contributed by atoms with van der Waals surface area (Å²) in [6, 6.07) is 10.7. The second-order valence-corrected chi connectivity index (χ2v) is 4.96. The van der Waals surface area contributed by atoms with Crippen molar-refractivity contribution in [2.24, 2.45) is 0 Å². The van der Waals surface area contributed by atoms with Gasteiger partial charge in [-0.1, -0.05) is 42.5 Å². The number of halogens is 1. The molecule has 1 amide bonds. The van der Waals surface area contributed by atoms with E-state index >= 15 is 0 Å². The third-order valence-corrected chi connectivity index (χ3v) is 3.16. The van der Waals surface area contributed by atoms with Gasteiger partial charge in [0.25, 0.3) is 0 Å². The van der Waals surface area contributed by atoms with Crippen LogP contribution in [-0.4, -0.2) is 22.7 Å². The van der Waals surface area contributed by atoms with Gasteiger partial charge in [0, 0.05) is 12.1 Å². The standard InChI is InChI=1S/C17H15FN2O5/c18-14-9-13(16(21)15(10-14)20(23)24)7-4-8-19-17(22)25-11-12-5-2-1-3-6-12/h1-7,9-10,21H,8,11H2,(H,19,22). The highest BCUT2D eigenvalue weighted by Crippen LogP contribution is 2.31. The van der Waals surface area contributed by atoms with E-state index in [1.165, 1.54) is 12.2 Å². The Morgan fingerprint density at radius 2 is 2.04 bits per heavy atom. The highest BCUT2D eigenvalue weighted by Gasteiger charge is 2.17. The van der Waals surface area contributed by atoms with Crippen LogP contribution in [0, 0.1) is 15.9 Å². The van der Waals surface area contributed by atoms with Gasteiger partial charge >= 0.3 is 11.8 Å². The van der Waals surface area contributed by atoms with E-state index in [1.807, 2.05) is 30.3 Å². The number of nitrogens with one attached hydrogen (secondary N) is 1. The number of nitrogens with zero attached hydrogens (tertiary/aromatic N) is 1. The van der Waals surface area contributed by atoms with E-state index in [9.17, 15) is 24.4 Å². The molecule has 130 valence electrons. The molecule has 7 nitrogen and oxygen atoms in total. The molecule has 0 radical (unpaired) electrons. The van der Waals surface area contributed by atoms with Crippen LogP contribution in [0.4, 0.5) is 14.9 Å². The van der Waals surface area contributed by atoms with Crippen LogP contribution >= 0.6 is 0 Å². The first kappa shape index (κ1) is 17.9. The summed E-state index contributed by atoms with van der Waals surface area (Å²) in [4.78, 5) is 21.4. The Labute approximate surface area is 142 Å². The molecule has 0 atom stereocenters. The molecule has 0 unspecified atom stereocenters. The quantitative estimate of drug-likeness (QED) is 0.617. The molecule has 0 fully saturated rings. The van der Waals surface area contributed by atoms with Gasteiger partial charge in [0.05, 0.1) is 11.0 Å². The Kier molecular flexibility index (Phi) is 6.05. The maximum Gasteiger partial charge on any atom is 0.407 e. The number of carbonyl (C=O) groups is 1. The predicted octanol–water partition coefficient (Wildman–Crippen LogP) is 3.38. The molecule has 2 N–H and O–H groups in total. The molecule has 0 saturated carbocycles. The Balaban J connectivity index is 1.87. The smallest absolute Gasteiger partial charge is 0.407 e. The van der Waals surface area contributed by atoms with Gasteiger partial charge in [0.2, 0.25) is 5.75 Å². The van der Waals surface area contributed by atoms with E-state index < -0.39 is 28.3 Å². The summed E-state index contributed by atoms with van der Waals surface area (Å²) in [6.07, 6.45) is 2.02. The van der Waals surface area contributed by atoms with Crippen LogP contribution in [0.2, 0.25) is 0 Å². The van der Waals surface area contributed by atoms with E-state index in [-0.39, 0.29) is 18.7 Å². The van der Waals surface area contributed by atoms with E-state index in [0.717, 1.165) is 11.6 Å². The number of nitro benzene ring substituents is 1. The second kappa shape index (κ2) is 8.44. The molecule has 2 rings (SSSR count). The molecule has 0 spiro atoms. The van der Waals surface area contributed by atoms with Gasteiger partial charge in [0.15, 0.2) is 0 Å². The zero-order chi connectivity index (χ0) is 18.2. The minimum Gasteiger partial charge on any atom is -0.502 e. The van der Waals surface area contributed by atoms with Gasteiger partial charge in [-0.15, -0.1) is 0 Å². The number of aromatic hydroxyl groups is 1. The SMILES string of the molecule is O=C(NCC=Cc1cc(F)cc([N+](=O)[O-])c1O)OCc1ccccc1. The monoisotopic (exact) mass is 346 g/mol. The highest BCUT2D eigenvalue weighted by molar-refractivity contribution is 5.68. The van der Waals surface area contributed by atoms with Crippen LogP contribution in [0.3, 0.4) is 0 Å². The van der Waals surface area contributed by atoms with Crippen LogP contribution in [-0.2, 0) is 11.3 Å². The summed E-state index contributed by atoms with van der Waals surface area (Å²) in [5, 5.41) is 22.9. The number of carbonyl (C=O) groups excluding carboxylic acids is 1. The summed E-state index contributed by atoms with van der Waals surface area (Å²) < 4.78 is 18.3. The third kappa shape index (κ3) is 5.31. The number of amides is 1. The van der Waals surface area contributed by atoms with Crippen molar-refractivity contribution in [3.63, 3.8) is 0 Å². The first-order valence-corrected chi connectivity index (χ1v) is 7.25. The fraction of sp³-hybridized carbons (Fsp3) is 0.118. The molecule has 0 aliphatic carbocycles. The number of hydrogen-bond donors (Lipinski definition) is 2. The molecule has 0 heterocycles.